The molecule has 2 rings (SSSR count). The minimum atomic E-state index is 0.436. The molecule has 1 heterocycles. The molecule has 1 aromatic carbocycles. The van der Waals surface area contributed by atoms with Crippen molar-refractivity contribution in [1.29, 1.82) is 0 Å². The van der Waals surface area contributed by atoms with Crippen molar-refractivity contribution in [3.8, 4) is 11.3 Å². The van der Waals surface area contributed by atoms with E-state index in [0.717, 1.165) is 17.2 Å². The van der Waals surface area contributed by atoms with Crippen LogP contribution in [0.15, 0.2) is 30.3 Å². The van der Waals surface area contributed by atoms with E-state index in [-0.39, 0.29) is 0 Å². The predicted octanol–water partition coefficient (Wildman–Crippen LogP) is 3.26. The van der Waals surface area contributed by atoms with Gasteiger partial charge in [0.1, 0.15) is 5.82 Å². The second-order valence-electron chi connectivity index (χ2n) is 5.16. The van der Waals surface area contributed by atoms with Gasteiger partial charge in [-0.2, -0.15) is 0 Å². The van der Waals surface area contributed by atoms with Crippen LogP contribution >= 0.6 is 0 Å². The van der Waals surface area contributed by atoms with Gasteiger partial charge >= 0.3 is 0 Å². The summed E-state index contributed by atoms with van der Waals surface area (Å²) in [7, 11) is 0. The molecule has 3 nitrogen and oxygen atoms in total. The minimum absolute atomic E-state index is 0.436. The van der Waals surface area contributed by atoms with Gasteiger partial charge in [0.15, 0.2) is 0 Å². The van der Waals surface area contributed by atoms with Gasteiger partial charge in [-0.05, 0) is 25.5 Å². The van der Waals surface area contributed by atoms with E-state index in [9.17, 15) is 0 Å². The summed E-state index contributed by atoms with van der Waals surface area (Å²) in [6, 6.07) is 10.8. The summed E-state index contributed by atoms with van der Waals surface area (Å²) in [4.78, 5) is 9.15. The number of benzene rings is 1. The van der Waals surface area contributed by atoms with Crippen LogP contribution in [-0.2, 0) is 6.54 Å². The van der Waals surface area contributed by atoms with Gasteiger partial charge < -0.3 is 5.32 Å². The molecule has 0 atom stereocenters. The molecule has 0 aliphatic heterocycles. The van der Waals surface area contributed by atoms with E-state index in [1.165, 1.54) is 11.1 Å². The second kappa shape index (κ2) is 5.93. The second-order valence-corrected chi connectivity index (χ2v) is 5.16. The molecule has 0 radical (unpaired) electrons. The van der Waals surface area contributed by atoms with E-state index in [1.54, 1.807) is 0 Å². The number of aromatic nitrogens is 2. The maximum atomic E-state index is 4.66. The lowest BCUT2D eigenvalue weighted by Gasteiger charge is -2.10. The highest BCUT2D eigenvalue weighted by molar-refractivity contribution is 5.63. The molecule has 0 unspecified atom stereocenters. The van der Waals surface area contributed by atoms with Crippen LogP contribution < -0.4 is 5.32 Å². The number of nitrogens with one attached hydrogen (secondary N) is 1. The standard InChI is InChI=1S/C16H21N3/c1-11(2)17-10-16-18-13(4)9-15(19-16)14-8-6-5-7-12(14)3/h5-9,11,17H,10H2,1-4H3. The Balaban J connectivity index is 2.34. The normalized spacial score (nSPS) is 11.0. The number of aryl methyl sites for hydroxylation is 2. The van der Waals surface area contributed by atoms with E-state index in [4.69, 9.17) is 0 Å². The Morgan fingerprint density at radius 1 is 1.11 bits per heavy atom. The summed E-state index contributed by atoms with van der Waals surface area (Å²) in [6.45, 7) is 9.08. The van der Waals surface area contributed by atoms with E-state index in [1.807, 2.05) is 25.1 Å². The molecule has 2 aromatic rings. The van der Waals surface area contributed by atoms with E-state index >= 15 is 0 Å². The average Bonchev–Trinajstić information content (AvgIpc) is 2.36. The summed E-state index contributed by atoms with van der Waals surface area (Å²) >= 11 is 0. The van der Waals surface area contributed by atoms with Crippen LogP contribution in [-0.4, -0.2) is 16.0 Å². The molecule has 0 amide bonds. The van der Waals surface area contributed by atoms with Gasteiger partial charge in [0.25, 0.3) is 0 Å². The molecule has 1 aromatic heterocycles. The number of hydrogen-bond acceptors (Lipinski definition) is 3. The third-order valence-electron chi connectivity index (χ3n) is 2.99. The van der Waals surface area contributed by atoms with Crippen molar-refractivity contribution < 1.29 is 0 Å². The molecule has 19 heavy (non-hydrogen) atoms. The van der Waals surface area contributed by atoms with Crippen LogP contribution in [0.2, 0.25) is 0 Å². The Morgan fingerprint density at radius 2 is 1.84 bits per heavy atom. The van der Waals surface area contributed by atoms with Crippen LogP contribution in [0.5, 0.6) is 0 Å². The Bertz CT molecular complexity index is 562. The zero-order valence-electron chi connectivity index (χ0n) is 12.1. The van der Waals surface area contributed by atoms with Gasteiger partial charge in [0, 0.05) is 17.3 Å². The number of hydrogen-bond donors (Lipinski definition) is 1. The number of rotatable bonds is 4. The molecular weight excluding hydrogens is 234 g/mol. The zero-order valence-corrected chi connectivity index (χ0v) is 12.1. The summed E-state index contributed by atoms with van der Waals surface area (Å²) < 4.78 is 0. The summed E-state index contributed by atoms with van der Waals surface area (Å²) in [6.07, 6.45) is 0. The van der Waals surface area contributed by atoms with Gasteiger partial charge in [-0.3, -0.25) is 0 Å². The predicted molar refractivity (Wildman–Crippen MR) is 78.9 cm³/mol. The molecular formula is C16H21N3. The van der Waals surface area contributed by atoms with Gasteiger partial charge in [-0.1, -0.05) is 38.1 Å². The van der Waals surface area contributed by atoms with Crippen molar-refractivity contribution in [3.05, 3.63) is 47.4 Å². The molecule has 0 spiro atoms. The summed E-state index contributed by atoms with van der Waals surface area (Å²) in [5, 5.41) is 3.36. The largest absolute Gasteiger partial charge is 0.308 e. The lowest BCUT2D eigenvalue weighted by molar-refractivity contribution is 0.571. The SMILES string of the molecule is Cc1cc(-c2ccccc2C)nc(CNC(C)C)n1. The first-order valence-electron chi connectivity index (χ1n) is 6.70. The van der Waals surface area contributed by atoms with Crippen LogP contribution in [0.3, 0.4) is 0 Å². The van der Waals surface area contributed by atoms with Crippen LogP contribution in [0.25, 0.3) is 11.3 Å². The first-order valence-corrected chi connectivity index (χ1v) is 6.70. The van der Waals surface area contributed by atoms with Gasteiger partial charge in [0.05, 0.1) is 12.2 Å². The smallest absolute Gasteiger partial charge is 0.143 e. The van der Waals surface area contributed by atoms with Crippen molar-refractivity contribution in [2.45, 2.75) is 40.3 Å². The van der Waals surface area contributed by atoms with Gasteiger partial charge in [-0.25, -0.2) is 9.97 Å². The van der Waals surface area contributed by atoms with Crippen molar-refractivity contribution in [1.82, 2.24) is 15.3 Å². The molecule has 0 bridgehead atoms. The van der Waals surface area contributed by atoms with Crippen molar-refractivity contribution >= 4 is 0 Å². The van der Waals surface area contributed by atoms with E-state index < -0.39 is 0 Å². The lowest BCUT2D eigenvalue weighted by Crippen LogP contribution is -2.23. The third kappa shape index (κ3) is 3.61. The molecule has 100 valence electrons. The Morgan fingerprint density at radius 3 is 2.53 bits per heavy atom. The Kier molecular flexibility index (Phi) is 4.27. The average molecular weight is 255 g/mol. The zero-order chi connectivity index (χ0) is 13.8. The third-order valence-corrected chi connectivity index (χ3v) is 2.99. The molecule has 0 fully saturated rings. The van der Waals surface area contributed by atoms with Crippen LogP contribution in [0.4, 0.5) is 0 Å². The highest BCUT2D eigenvalue weighted by Gasteiger charge is 2.07. The molecule has 0 aliphatic carbocycles. The highest BCUT2D eigenvalue weighted by atomic mass is 15.0. The fraction of sp³-hybridized carbons (Fsp3) is 0.375. The molecule has 0 saturated carbocycles. The van der Waals surface area contributed by atoms with E-state index in [2.05, 4.69) is 48.2 Å². The van der Waals surface area contributed by atoms with Gasteiger partial charge in [-0.15, -0.1) is 0 Å². The van der Waals surface area contributed by atoms with Crippen LogP contribution in [0, 0.1) is 13.8 Å². The monoisotopic (exact) mass is 255 g/mol. The molecule has 0 aliphatic rings. The van der Waals surface area contributed by atoms with Crippen molar-refractivity contribution in [2.75, 3.05) is 0 Å². The molecule has 3 heteroatoms. The first kappa shape index (κ1) is 13.7. The van der Waals surface area contributed by atoms with Gasteiger partial charge in [0.2, 0.25) is 0 Å². The molecule has 1 N–H and O–H groups in total. The Labute approximate surface area is 115 Å². The van der Waals surface area contributed by atoms with Crippen LogP contribution in [0.1, 0.15) is 30.9 Å². The highest BCUT2D eigenvalue weighted by Crippen LogP contribution is 2.21. The minimum Gasteiger partial charge on any atom is -0.308 e. The summed E-state index contributed by atoms with van der Waals surface area (Å²) in [5.74, 6) is 0.854. The lowest BCUT2D eigenvalue weighted by atomic mass is 10.1. The maximum Gasteiger partial charge on any atom is 0.143 e. The Hall–Kier alpha value is -1.74. The maximum absolute atomic E-state index is 4.66. The first-order chi connectivity index (χ1) is 9.06. The summed E-state index contributed by atoms with van der Waals surface area (Å²) in [5.41, 5.74) is 4.43. The quantitative estimate of drug-likeness (QED) is 0.911. The van der Waals surface area contributed by atoms with Crippen molar-refractivity contribution in [2.24, 2.45) is 0 Å². The fourth-order valence-electron chi connectivity index (χ4n) is 2.00. The number of nitrogens with zero attached hydrogens (tertiary/aromatic N) is 2. The van der Waals surface area contributed by atoms with E-state index in [0.29, 0.717) is 12.6 Å². The van der Waals surface area contributed by atoms with Crippen molar-refractivity contribution in [3.63, 3.8) is 0 Å². The fourth-order valence-corrected chi connectivity index (χ4v) is 2.00. The topological polar surface area (TPSA) is 37.8 Å². The molecule has 0 saturated heterocycles.